The number of amides is 3. The zero-order valence-corrected chi connectivity index (χ0v) is 16.6. The van der Waals surface area contributed by atoms with Crippen LogP contribution in [0.1, 0.15) is 39.1 Å². The normalized spacial score (nSPS) is 13.1. The van der Waals surface area contributed by atoms with Crippen LogP contribution in [0.25, 0.3) is 0 Å². The van der Waals surface area contributed by atoms with E-state index in [2.05, 4.69) is 10.6 Å². The van der Waals surface area contributed by atoms with Crippen molar-refractivity contribution in [3.8, 4) is 0 Å². The van der Waals surface area contributed by atoms with Gasteiger partial charge in [-0.2, -0.15) is 0 Å². The van der Waals surface area contributed by atoms with E-state index in [4.69, 9.17) is 4.74 Å². The maximum absolute atomic E-state index is 12.3. The number of hydrogen-bond acceptors (Lipinski definition) is 5. The van der Waals surface area contributed by atoms with Crippen LogP contribution in [-0.2, 0) is 20.9 Å². The fraction of sp³-hybridized carbons (Fsp3) is 0.273. The van der Waals surface area contributed by atoms with Crippen molar-refractivity contribution in [1.29, 1.82) is 0 Å². The lowest BCUT2D eigenvalue weighted by molar-refractivity contribution is -0.128. The Kier molecular flexibility index (Phi) is 6.79. The molecule has 1 heterocycles. The number of benzene rings is 2. The second-order valence-electron chi connectivity index (χ2n) is 6.90. The van der Waals surface area contributed by atoms with E-state index in [0.29, 0.717) is 29.8 Å². The third-order valence-electron chi connectivity index (χ3n) is 4.70. The Balaban J connectivity index is 1.51. The first-order valence-electron chi connectivity index (χ1n) is 9.62. The SMILES string of the molecule is CNC(=O)c1ccc(NC(=O)COC(=O)c2cccc(CN3CCCC3=O)c2)cc1. The maximum atomic E-state index is 12.3. The Bertz CT molecular complexity index is 956. The summed E-state index contributed by atoms with van der Waals surface area (Å²) in [5.41, 5.74) is 2.11. The smallest absolute Gasteiger partial charge is 0.338 e. The molecular formula is C22H23N3O5. The number of likely N-dealkylation sites (tertiary alicyclic amines) is 1. The van der Waals surface area contributed by atoms with Gasteiger partial charge in [0.05, 0.1) is 5.56 Å². The summed E-state index contributed by atoms with van der Waals surface area (Å²) >= 11 is 0. The highest BCUT2D eigenvalue weighted by Gasteiger charge is 2.20. The highest BCUT2D eigenvalue weighted by atomic mass is 16.5. The predicted octanol–water partition coefficient (Wildman–Crippen LogP) is 1.96. The van der Waals surface area contributed by atoms with Gasteiger partial charge in [0.15, 0.2) is 6.61 Å². The van der Waals surface area contributed by atoms with Gasteiger partial charge in [-0.3, -0.25) is 14.4 Å². The first kappa shape index (κ1) is 21.0. The average molecular weight is 409 g/mol. The van der Waals surface area contributed by atoms with Crippen LogP contribution < -0.4 is 10.6 Å². The topological polar surface area (TPSA) is 105 Å². The molecule has 0 atom stereocenters. The Morgan fingerprint density at radius 2 is 1.83 bits per heavy atom. The van der Waals surface area contributed by atoms with Gasteiger partial charge in [0, 0.05) is 37.8 Å². The second-order valence-corrected chi connectivity index (χ2v) is 6.90. The summed E-state index contributed by atoms with van der Waals surface area (Å²) in [6.07, 6.45) is 1.41. The van der Waals surface area contributed by atoms with Crippen LogP contribution in [0.15, 0.2) is 48.5 Å². The molecule has 30 heavy (non-hydrogen) atoms. The summed E-state index contributed by atoms with van der Waals surface area (Å²) in [7, 11) is 1.54. The summed E-state index contributed by atoms with van der Waals surface area (Å²) in [6, 6.07) is 13.2. The van der Waals surface area contributed by atoms with Crippen LogP contribution in [0.5, 0.6) is 0 Å². The van der Waals surface area contributed by atoms with Crippen LogP contribution in [-0.4, -0.2) is 48.8 Å². The Morgan fingerprint density at radius 1 is 1.07 bits per heavy atom. The summed E-state index contributed by atoms with van der Waals surface area (Å²) in [5, 5.41) is 5.12. The van der Waals surface area contributed by atoms with Crippen molar-refractivity contribution in [2.75, 3.05) is 25.5 Å². The number of hydrogen-bond donors (Lipinski definition) is 2. The van der Waals surface area contributed by atoms with E-state index in [1.54, 1.807) is 47.4 Å². The monoisotopic (exact) mass is 409 g/mol. The van der Waals surface area contributed by atoms with Gasteiger partial charge in [0.25, 0.3) is 11.8 Å². The molecule has 0 aromatic heterocycles. The summed E-state index contributed by atoms with van der Waals surface area (Å²) in [6.45, 7) is 0.731. The maximum Gasteiger partial charge on any atom is 0.338 e. The summed E-state index contributed by atoms with van der Waals surface area (Å²) in [5.74, 6) is -1.22. The van der Waals surface area contributed by atoms with E-state index < -0.39 is 18.5 Å². The van der Waals surface area contributed by atoms with Crippen LogP contribution in [0, 0.1) is 0 Å². The van der Waals surface area contributed by atoms with Crippen molar-refractivity contribution in [3.63, 3.8) is 0 Å². The van der Waals surface area contributed by atoms with E-state index in [1.807, 2.05) is 6.07 Å². The molecule has 8 nitrogen and oxygen atoms in total. The average Bonchev–Trinajstić information content (AvgIpc) is 3.16. The molecule has 0 unspecified atom stereocenters. The lowest BCUT2D eigenvalue weighted by atomic mass is 10.1. The Morgan fingerprint density at radius 3 is 2.50 bits per heavy atom. The zero-order chi connectivity index (χ0) is 21.5. The van der Waals surface area contributed by atoms with Crippen LogP contribution in [0.3, 0.4) is 0 Å². The van der Waals surface area contributed by atoms with Crippen LogP contribution in [0.2, 0.25) is 0 Å². The van der Waals surface area contributed by atoms with Crippen molar-refractivity contribution >= 4 is 29.4 Å². The minimum absolute atomic E-state index is 0.114. The second kappa shape index (κ2) is 9.69. The predicted molar refractivity (Wildman–Crippen MR) is 110 cm³/mol. The fourth-order valence-electron chi connectivity index (χ4n) is 3.15. The zero-order valence-electron chi connectivity index (χ0n) is 16.6. The molecular weight excluding hydrogens is 386 g/mol. The molecule has 8 heteroatoms. The minimum Gasteiger partial charge on any atom is -0.452 e. The molecule has 0 radical (unpaired) electrons. The highest BCUT2D eigenvalue weighted by molar-refractivity contribution is 5.97. The fourth-order valence-corrected chi connectivity index (χ4v) is 3.15. The Labute approximate surface area is 174 Å². The molecule has 0 saturated carbocycles. The number of anilines is 1. The molecule has 1 aliphatic heterocycles. The lowest BCUT2D eigenvalue weighted by Gasteiger charge is -2.15. The molecule has 2 N–H and O–H groups in total. The number of nitrogens with one attached hydrogen (secondary N) is 2. The number of nitrogens with zero attached hydrogens (tertiary/aromatic N) is 1. The van der Waals surface area contributed by atoms with Gasteiger partial charge >= 0.3 is 5.97 Å². The van der Waals surface area contributed by atoms with Crippen LogP contribution in [0.4, 0.5) is 5.69 Å². The first-order chi connectivity index (χ1) is 14.5. The van der Waals surface area contributed by atoms with E-state index >= 15 is 0 Å². The molecule has 3 amide bonds. The molecule has 0 spiro atoms. The third-order valence-corrected chi connectivity index (χ3v) is 4.70. The third kappa shape index (κ3) is 5.44. The van der Waals surface area contributed by atoms with Gasteiger partial charge in [-0.1, -0.05) is 12.1 Å². The van der Waals surface area contributed by atoms with Crippen molar-refractivity contribution < 1.29 is 23.9 Å². The minimum atomic E-state index is -0.616. The van der Waals surface area contributed by atoms with Gasteiger partial charge in [0.1, 0.15) is 0 Å². The highest BCUT2D eigenvalue weighted by Crippen LogP contribution is 2.16. The quantitative estimate of drug-likeness (QED) is 0.681. The number of esters is 1. The number of carbonyl (C=O) groups is 4. The Hall–Kier alpha value is -3.68. The van der Waals surface area contributed by atoms with Gasteiger partial charge in [-0.05, 0) is 48.4 Å². The van der Waals surface area contributed by atoms with E-state index in [-0.39, 0.29) is 11.8 Å². The molecule has 2 aromatic carbocycles. The molecule has 1 saturated heterocycles. The standard InChI is InChI=1S/C22H23N3O5/c1-23-21(28)16-7-9-18(10-8-16)24-19(26)14-30-22(29)17-5-2-4-15(12-17)13-25-11-3-6-20(25)27/h2,4-5,7-10,12H,3,6,11,13-14H2,1H3,(H,23,28)(H,24,26). The molecule has 3 rings (SSSR count). The van der Waals surface area contributed by atoms with Crippen molar-refractivity contribution in [3.05, 3.63) is 65.2 Å². The van der Waals surface area contributed by atoms with E-state index in [0.717, 1.165) is 18.5 Å². The summed E-state index contributed by atoms with van der Waals surface area (Å²) in [4.78, 5) is 49.4. The largest absolute Gasteiger partial charge is 0.452 e. The molecule has 2 aromatic rings. The molecule has 0 bridgehead atoms. The summed E-state index contributed by atoms with van der Waals surface area (Å²) < 4.78 is 5.09. The van der Waals surface area contributed by atoms with E-state index in [9.17, 15) is 19.2 Å². The number of rotatable bonds is 7. The number of carbonyl (C=O) groups excluding carboxylic acids is 4. The van der Waals surface area contributed by atoms with Crippen LogP contribution >= 0.6 is 0 Å². The molecule has 1 fully saturated rings. The number of ether oxygens (including phenoxy) is 1. The first-order valence-corrected chi connectivity index (χ1v) is 9.62. The van der Waals surface area contributed by atoms with Gasteiger partial charge in [-0.15, -0.1) is 0 Å². The van der Waals surface area contributed by atoms with Gasteiger partial charge in [0.2, 0.25) is 5.91 Å². The molecule has 0 aliphatic carbocycles. The van der Waals surface area contributed by atoms with Crippen molar-refractivity contribution in [1.82, 2.24) is 10.2 Å². The van der Waals surface area contributed by atoms with Gasteiger partial charge < -0.3 is 20.3 Å². The van der Waals surface area contributed by atoms with E-state index in [1.165, 1.54) is 7.05 Å². The lowest BCUT2D eigenvalue weighted by Crippen LogP contribution is -2.24. The van der Waals surface area contributed by atoms with Crippen molar-refractivity contribution in [2.45, 2.75) is 19.4 Å². The van der Waals surface area contributed by atoms with Crippen molar-refractivity contribution in [2.24, 2.45) is 0 Å². The molecule has 156 valence electrons. The molecule has 1 aliphatic rings. The van der Waals surface area contributed by atoms with Gasteiger partial charge in [-0.25, -0.2) is 4.79 Å².